The Morgan fingerprint density at radius 3 is 2.30 bits per heavy atom. The number of Topliss-reactive ketones (excluding diaryl/α,β-unsaturated/α-hetero) is 1. The number of piperidine rings is 1. The number of hydrogen-bond acceptors (Lipinski definition) is 4. The van der Waals surface area contributed by atoms with Gasteiger partial charge in [0, 0.05) is 52.1 Å². The monoisotopic (exact) mass is 323 g/mol. The van der Waals surface area contributed by atoms with Crippen LogP contribution in [0, 0.1) is 5.92 Å². The van der Waals surface area contributed by atoms with Gasteiger partial charge in [-0.1, -0.05) is 0 Å². The molecule has 132 valence electrons. The molecule has 2 aliphatic heterocycles. The van der Waals surface area contributed by atoms with Crippen LogP contribution in [0.25, 0.3) is 0 Å². The van der Waals surface area contributed by atoms with Crippen LogP contribution in [0.5, 0.6) is 0 Å². The Morgan fingerprint density at radius 1 is 1.00 bits per heavy atom. The van der Waals surface area contributed by atoms with Gasteiger partial charge in [-0.25, -0.2) is 0 Å². The van der Waals surface area contributed by atoms with Crippen LogP contribution in [-0.4, -0.2) is 67.3 Å². The SMILES string of the molecule is CC(=O)CCCCC(=O)N1CCC(CCN2CCNCC2)CC1. The van der Waals surface area contributed by atoms with Crippen LogP contribution in [0.4, 0.5) is 0 Å². The van der Waals surface area contributed by atoms with E-state index in [1.807, 2.05) is 4.90 Å². The maximum Gasteiger partial charge on any atom is 0.222 e. The summed E-state index contributed by atoms with van der Waals surface area (Å²) in [6.45, 7) is 9.29. The van der Waals surface area contributed by atoms with Gasteiger partial charge in [-0.2, -0.15) is 0 Å². The van der Waals surface area contributed by atoms with Crippen LogP contribution in [0.1, 0.15) is 51.9 Å². The van der Waals surface area contributed by atoms with Crippen molar-refractivity contribution >= 4 is 11.7 Å². The number of rotatable bonds is 8. The molecule has 0 aromatic carbocycles. The zero-order chi connectivity index (χ0) is 16.5. The zero-order valence-electron chi connectivity index (χ0n) is 14.7. The van der Waals surface area contributed by atoms with Gasteiger partial charge in [0.05, 0.1) is 0 Å². The van der Waals surface area contributed by atoms with Crippen molar-refractivity contribution in [3.05, 3.63) is 0 Å². The summed E-state index contributed by atoms with van der Waals surface area (Å²) in [7, 11) is 0. The highest BCUT2D eigenvalue weighted by Crippen LogP contribution is 2.21. The van der Waals surface area contributed by atoms with E-state index in [0.717, 1.165) is 57.8 Å². The quantitative estimate of drug-likeness (QED) is 0.691. The highest BCUT2D eigenvalue weighted by atomic mass is 16.2. The predicted octanol–water partition coefficient (Wildman–Crippen LogP) is 1.67. The van der Waals surface area contributed by atoms with E-state index >= 15 is 0 Å². The highest BCUT2D eigenvalue weighted by molar-refractivity contribution is 5.77. The molecule has 2 aliphatic rings. The largest absolute Gasteiger partial charge is 0.343 e. The fourth-order valence-electron chi connectivity index (χ4n) is 3.58. The van der Waals surface area contributed by atoms with E-state index in [-0.39, 0.29) is 11.7 Å². The summed E-state index contributed by atoms with van der Waals surface area (Å²) in [4.78, 5) is 27.7. The first kappa shape index (κ1) is 18.4. The molecule has 2 saturated heterocycles. The van der Waals surface area contributed by atoms with Crippen LogP contribution in [0.15, 0.2) is 0 Å². The first-order valence-corrected chi connectivity index (χ1v) is 9.35. The summed E-state index contributed by atoms with van der Waals surface area (Å²) in [6.07, 6.45) is 6.51. The summed E-state index contributed by atoms with van der Waals surface area (Å²) in [5.74, 6) is 1.29. The Labute approximate surface area is 140 Å². The number of hydrogen-bond donors (Lipinski definition) is 1. The third-order valence-electron chi connectivity index (χ3n) is 5.20. The van der Waals surface area contributed by atoms with Gasteiger partial charge in [0.1, 0.15) is 5.78 Å². The Balaban J connectivity index is 1.55. The zero-order valence-corrected chi connectivity index (χ0v) is 14.7. The minimum Gasteiger partial charge on any atom is -0.343 e. The van der Waals surface area contributed by atoms with E-state index < -0.39 is 0 Å². The van der Waals surface area contributed by atoms with Crippen molar-refractivity contribution in [3.63, 3.8) is 0 Å². The lowest BCUT2D eigenvalue weighted by Crippen LogP contribution is -2.44. The molecule has 5 nitrogen and oxygen atoms in total. The lowest BCUT2D eigenvalue weighted by atomic mass is 9.93. The van der Waals surface area contributed by atoms with E-state index in [1.54, 1.807) is 6.92 Å². The second-order valence-corrected chi connectivity index (χ2v) is 7.11. The number of nitrogens with zero attached hydrogens (tertiary/aromatic N) is 2. The molecule has 0 saturated carbocycles. The van der Waals surface area contributed by atoms with Crippen molar-refractivity contribution in [1.29, 1.82) is 0 Å². The van der Waals surface area contributed by atoms with Crippen LogP contribution in [0.3, 0.4) is 0 Å². The number of carbonyl (C=O) groups excluding carboxylic acids is 2. The molecule has 0 aromatic rings. The molecule has 2 rings (SSSR count). The van der Waals surface area contributed by atoms with Gasteiger partial charge >= 0.3 is 0 Å². The maximum absolute atomic E-state index is 12.2. The van der Waals surface area contributed by atoms with Gasteiger partial charge in [-0.3, -0.25) is 4.79 Å². The molecule has 0 atom stereocenters. The third-order valence-corrected chi connectivity index (χ3v) is 5.20. The summed E-state index contributed by atoms with van der Waals surface area (Å²) in [5.41, 5.74) is 0. The third kappa shape index (κ3) is 7.00. The van der Waals surface area contributed by atoms with Crippen LogP contribution in [0.2, 0.25) is 0 Å². The Kier molecular flexibility index (Phi) is 8.03. The lowest BCUT2D eigenvalue weighted by Gasteiger charge is -2.34. The number of likely N-dealkylation sites (tertiary alicyclic amines) is 1. The molecule has 0 bridgehead atoms. The summed E-state index contributed by atoms with van der Waals surface area (Å²) >= 11 is 0. The van der Waals surface area contributed by atoms with E-state index in [9.17, 15) is 9.59 Å². The number of nitrogens with one attached hydrogen (secondary N) is 1. The van der Waals surface area contributed by atoms with Gasteiger partial charge in [-0.05, 0) is 51.5 Å². The van der Waals surface area contributed by atoms with Gasteiger partial charge < -0.3 is 19.9 Å². The molecule has 0 aliphatic carbocycles. The molecule has 0 aromatic heterocycles. The van der Waals surface area contributed by atoms with E-state index in [0.29, 0.717) is 12.8 Å². The van der Waals surface area contributed by atoms with Crippen LogP contribution >= 0.6 is 0 Å². The lowest BCUT2D eigenvalue weighted by molar-refractivity contribution is -0.132. The molecule has 23 heavy (non-hydrogen) atoms. The Morgan fingerprint density at radius 2 is 1.65 bits per heavy atom. The average molecular weight is 323 g/mol. The van der Waals surface area contributed by atoms with E-state index in [1.165, 1.54) is 26.1 Å². The topological polar surface area (TPSA) is 52.7 Å². The van der Waals surface area contributed by atoms with Crippen molar-refractivity contribution in [2.75, 3.05) is 45.8 Å². The fourth-order valence-corrected chi connectivity index (χ4v) is 3.58. The number of amides is 1. The molecule has 0 unspecified atom stereocenters. The normalized spacial score (nSPS) is 20.7. The van der Waals surface area contributed by atoms with Crippen molar-refractivity contribution in [2.45, 2.75) is 51.9 Å². The first-order valence-electron chi connectivity index (χ1n) is 9.35. The number of carbonyl (C=O) groups is 2. The fraction of sp³-hybridized carbons (Fsp3) is 0.889. The molecule has 0 radical (unpaired) electrons. The van der Waals surface area contributed by atoms with Gasteiger partial charge in [0.25, 0.3) is 0 Å². The van der Waals surface area contributed by atoms with Gasteiger partial charge in [-0.15, -0.1) is 0 Å². The second kappa shape index (κ2) is 10.0. The number of unbranched alkanes of at least 4 members (excludes halogenated alkanes) is 1. The molecular formula is C18H33N3O2. The Hall–Kier alpha value is -0.940. The maximum atomic E-state index is 12.2. The van der Waals surface area contributed by atoms with Crippen molar-refractivity contribution in [1.82, 2.24) is 15.1 Å². The van der Waals surface area contributed by atoms with Crippen molar-refractivity contribution in [3.8, 4) is 0 Å². The van der Waals surface area contributed by atoms with Crippen LogP contribution in [-0.2, 0) is 9.59 Å². The second-order valence-electron chi connectivity index (χ2n) is 7.11. The number of piperazine rings is 1. The van der Waals surface area contributed by atoms with Crippen molar-refractivity contribution < 1.29 is 9.59 Å². The minimum atomic E-state index is 0.225. The highest BCUT2D eigenvalue weighted by Gasteiger charge is 2.23. The van der Waals surface area contributed by atoms with E-state index in [4.69, 9.17) is 0 Å². The molecule has 2 fully saturated rings. The first-order chi connectivity index (χ1) is 11.1. The molecule has 5 heteroatoms. The summed E-state index contributed by atoms with van der Waals surface area (Å²) in [5, 5.41) is 3.39. The van der Waals surface area contributed by atoms with Crippen molar-refractivity contribution in [2.24, 2.45) is 5.92 Å². The molecule has 1 amide bonds. The van der Waals surface area contributed by atoms with Crippen LogP contribution < -0.4 is 5.32 Å². The summed E-state index contributed by atoms with van der Waals surface area (Å²) < 4.78 is 0. The molecule has 2 heterocycles. The van der Waals surface area contributed by atoms with Gasteiger partial charge in [0.15, 0.2) is 0 Å². The molecule has 1 N–H and O–H groups in total. The molecular weight excluding hydrogens is 290 g/mol. The predicted molar refractivity (Wildman–Crippen MR) is 92.4 cm³/mol. The smallest absolute Gasteiger partial charge is 0.222 e. The minimum absolute atomic E-state index is 0.225. The number of ketones is 1. The average Bonchev–Trinajstić information content (AvgIpc) is 2.58. The Bertz CT molecular complexity index is 372. The van der Waals surface area contributed by atoms with E-state index in [2.05, 4.69) is 10.2 Å². The van der Waals surface area contributed by atoms with Gasteiger partial charge in [0.2, 0.25) is 5.91 Å². The molecule has 0 spiro atoms. The summed E-state index contributed by atoms with van der Waals surface area (Å²) in [6, 6.07) is 0. The standard InChI is InChI=1S/C18H33N3O2/c1-16(22)4-2-3-5-18(23)21-12-7-17(8-13-21)6-11-20-14-9-19-10-15-20/h17,19H,2-15H2,1H3.